The predicted molar refractivity (Wildman–Crippen MR) is 82.7 cm³/mol. The number of ether oxygens (including phenoxy) is 1. The molecule has 24 heavy (non-hydrogen) atoms. The highest BCUT2D eigenvalue weighted by Gasteiger charge is 2.37. The van der Waals surface area contributed by atoms with Crippen molar-refractivity contribution in [2.45, 2.75) is 44.2 Å². The monoisotopic (exact) mass is 334 g/mol. The molecule has 0 spiro atoms. The Hall–Kier alpha value is -2.48. The minimum absolute atomic E-state index is 0.00313. The lowest BCUT2D eigenvalue weighted by atomic mass is 10.2. The summed E-state index contributed by atoms with van der Waals surface area (Å²) in [6, 6.07) is 2.03. The van der Waals surface area contributed by atoms with Crippen molar-refractivity contribution in [2.24, 2.45) is 0 Å². The molecule has 2 aromatic rings. The zero-order valence-corrected chi connectivity index (χ0v) is 12.9. The van der Waals surface area contributed by atoms with Crippen LogP contribution in [-0.4, -0.2) is 48.1 Å². The third-order valence-electron chi connectivity index (χ3n) is 4.02. The molecule has 0 unspecified atom stereocenters. The van der Waals surface area contributed by atoms with Gasteiger partial charge in [-0.1, -0.05) is 0 Å². The minimum atomic E-state index is -0.955. The van der Waals surface area contributed by atoms with Crippen molar-refractivity contribution in [3.05, 3.63) is 16.7 Å². The number of nitrogens with zero attached hydrogens (tertiary/aromatic N) is 5. The second-order valence-corrected chi connectivity index (χ2v) is 5.64. The lowest BCUT2D eigenvalue weighted by molar-refractivity contribution is -0.0505. The molecule has 0 aromatic carbocycles. The zero-order chi connectivity index (χ0) is 17.3. The van der Waals surface area contributed by atoms with E-state index in [1.54, 1.807) is 0 Å². The van der Waals surface area contributed by atoms with Gasteiger partial charge >= 0.3 is 5.69 Å². The first-order valence-corrected chi connectivity index (χ1v) is 7.61. The fraction of sp³-hybridized carbons (Fsp3) is 0.571. The number of rotatable bonds is 5. The maximum Gasteiger partial charge on any atom is 0.332 e. The molecule has 4 N–H and O–H groups in total. The molecule has 1 fully saturated rings. The maximum atomic E-state index is 12.8. The average molecular weight is 334 g/mol. The van der Waals surface area contributed by atoms with Crippen LogP contribution in [0.1, 0.15) is 25.5 Å². The quantitative estimate of drug-likeness (QED) is 0.596. The lowest BCUT2D eigenvalue weighted by Crippen LogP contribution is -2.32. The van der Waals surface area contributed by atoms with Crippen molar-refractivity contribution in [3.63, 3.8) is 0 Å². The first-order valence-electron chi connectivity index (χ1n) is 7.61. The van der Waals surface area contributed by atoms with E-state index in [1.807, 2.05) is 6.07 Å². The fourth-order valence-corrected chi connectivity index (χ4v) is 2.91. The summed E-state index contributed by atoms with van der Waals surface area (Å²) in [6.07, 6.45) is 0.00490. The van der Waals surface area contributed by atoms with Gasteiger partial charge in [-0.15, -0.1) is 0 Å². The Bertz CT molecular complexity index is 838. The van der Waals surface area contributed by atoms with Crippen LogP contribution >= 0.6 is 0 Å². The molecule has 0 bridgehead atoms. The lowest BCUT2D eigenvalue weighted by Gasteiger charge is -2.15. The molecule has 1 aliphatic rings. The van der Waals surface area contributed by atoms with Crippen LogP contribution in [0.15, 0.2) is 11.0 Å². The Balaban J connectivity index is 2.10. The van der Waals surface area contributed by atoms with Crippen LogP contribution in [0.2, 0.25) is 0 Å². The second kappa shape index (κ2) is 6.56. The maximum absolute atomic E-state index is 12.8. The molecule has 1 aliphatic heterocycles. The van der Waals surface area contributed by atoms with Crippen LogP contribution in [0.25, 0.3) is 11.2 Å². The number of aliphatic hydroxyl groups excluding tert-OH is 2. The molecular formula is C14H18N6O4. The van der Waals surface area contributed by atoms with Crippen molar-refractivity contribution in [2.75, 3.05) is 12.3 Å². The summed E-state index contributed by atoms with van der Waals surface area (Å²) in [5.41, 5.74) is 5.91. The van der Waals surface area contributed by atoms with E-state index in [0.717, 1.165) is 0 Å². The smallest absolute Gasteiger partial charge is 0.332 e. The number of hydrogen-bond acceptors (Lipinski definition) is 8. The number of imidazole rings is 1. The number of aliphatic hydroxyl groups is 2. The van der Waals surface area contributed by atoms with Gasteiger partial charge in [0.1, 0.15) is 11.6 Å². The summed E-state index contributed by atoms with van der Waals surface area (Å²) in [6.45, 7) is 0.0651. The highest BCUT2D eigenvalue weighted by molar-refractivity contribution is 5.71. The SMILES string of the molecule is N#CCCCn1c(=O)n([C@@H]2O[C@H](CO)C[C@H]2O)c2nc(N)ncc21. The van der Waals surface area contributed by atoms with Gasteiger partial charge in [0.25, 0.3) is 0 Å². The summed E-state index contributed by atoms with van der Waals surface area (Å²) in [5.74, 6) is -0.00313. The van der Waals surface area contributed by atoms with Crippen LogP contribution < -0.4 is 11.4 Å². The topological polar surface area (TPSA) is 152 Å². The summed E-state index contributed by atoms with van der Waals surface area (Å²) in [5, 5.41) is 28.1. The Morgan fingerprint density at radius 2 is 2.33 bits per heavy atom. The van der Waals surface area contributed by atoms with Gasteiger partial charge in [0.05, 0.1) is 25.0 Å². The summed E-state index contributed by atoms with van der Waals surface area (Å²) < 4.78 is 8.25. The number of aromatic nitrogens is 4. The fourth-order valence-electron chi connectivity index (χ4n) is 2.91. The zero-order valence-electron chi connectivity index (χ0n) is 12.9. The molecule has 0 amide bonds. The predicted octanol–water partition coefficient (Wildman–Crippen LogP) is -0.880. The molecule has 128 valence electrons. The van der Waals surface area contributed by atoms with Crippen LogP contribution in [0, 0.1) is 11.3 Å². The van der Waals surface area contributed by atoms with Gasteiger partial charge in [0.2, 0.25) is 5.95 Å². The van der Waals surface area contributed by atoms with Crippen LogP contribution in [0.5, 0.6) is 0 Å². The number of hydrogen-bond donors (Lipinski definition) is 3. The molecule has 2 aromatic heterocycles. The Morgan fingerprint density at radius 3 is 3.00 bits per heavy atom. The number of aryl methyl sites for hydroxylation is 1. The number of nitrogens with two attached hydrogens (primary N) is 1. The largest absolute Gasteiger partial charge is 0.394 e. The summed E-state index contributed by atoms with van der Waals surface area (Å²) in [7, 11) is 0. The first-order chi connectivity index (χ1) is 11.6. The molecule has 10 heteroatoms. The number of unbranched alkanes of at least 4 members (excludes halogenated alkanes) is 1. The van der Waals surface area contributed by atoms with E-state index in [-0.39, 0.29) is 24.6 Å². The number of nitriles is 1. The average Bonchev–Trinajstić information content (AvgIpc) is 3.05. The molecule has 0 saturated carbocycles. The van der Waals surface area contributed by atoms with E-state index in [2.05, 4.69) is 9.97 Å². The highest BCUT2D eigenvalue weighted by atomic mass is 16.5. The van der Waals surface area contributed by atoms with Crippen LogP contribution in [-0.2, 0) is 11.3 Å². The third kappa shape index (κ3) is 2.73. The van der Waals surface area contributed by atoms with Gasteiger partial charge in [-0.2, -0.15) is 10.2 Å². The number of anilines is 1. The van der Waals surface area contributed by atoms with E-state index in [0.29, 0.717) is 24.9 Å². The molecule has 3 rings (SSSR count). The summed E-state index contributed by atoms with van der Waals surface area (Å²) >= 11 is 0. The minimum Gasteiger partial charge on any atom is -0.394 e. The van der Waals surface area contributed by atoms with Gasteiger partial charge in [-0.05, 0) is 6.42 Å². The second-order valence-electron chi connectivity index (χ2n) is 5.64. The van der Waals surface area contributed by atoms with E-state index in [4.69, 9.17) is 15.7 Å². The summed E-state index contributed by atoms with van der Waals surface area (Å²) in [4.78, 5) is 20.8. The number of fused-ring (bicyclic) bond motifs is 1. The van der Waals surface area contributed by atoms with Crippen molar-refractivity contribution >= 4 is 17.1 Å². The Morgan fingerprint density at radius 1 is 1.54 bits per heavy atom. The van der Waals surface area contributed by atoms with Crippen LogP contribution in [0.4, 0.5) is 5.95 Å². The molecule has 10 nitrogen and oxygen atoms in total. The molecule has 1 saturated heterocycles. The van der Waals surface area contributed by atoms with E-state index >= 15 is 0 Å². The first kappa shape index (κ1) is 16.4. The Labute approximate surface area is 136 Å². The van der Waals surface area contributed by atoms with E-state index < -0.39 is 24.1 Å². The number of nitrogen functional groups attached to an aromatic ring is 1. The molecule has 3 heterocycles. The highest BCUT2D eigenvalue weighted by Crippen LogP contribution is 2.30. The molecule has 0 aliphatic carbocycles. The van der Waals surface area contributed by atoms with Crippen molar-refractivity contribution in [1.29, 1.82) is 5.26 Å². The van der Waals surface area contributed by atoms with Crippen molar-refractivity contribution in [3.8, 4) is 6.07 Å². The van der Waals surface area contributed by atoms with E-state index in [1.165, 1.54) is 15.3 Å². The van der Waals surface area contributed by atoms with Gasteiger partial charge in [0, 0.05) is 19.4 Å². The normalized spacial score (nSPS) is 23.6. The van der Waals surface area contributed by atoms with Gasteiger partial charge in [0.15, 0.2) is 11.9 Å². The Kier molecular flexibility index (Phi) is 4.48. The molecular weight excluding hydrogens is 316 g/mol. The van der Waals surface area contributed by atoms with Crippen molar-refractivity contribution < 1.29 is 14.9 Å². The molecule has 3 atom stereocenters. The van der Waals surface area contributed by atoms with Gasteiger partial charge in [-0.25, -0.2) is 14.3 Å². The van der Waals surface area contributed by atoms with Gasteiger partial charge in [-0.3, -0.25) is 4.57 Å². The van der Waals surface area contributed by atoms with Crippen molar-refractivity contribution in [1.82, 2.24) is 19.1 Å². The third-order valence-corrected chi connectivity index (χ3v) is 4.02. The van der Waals surface area contributed by atoms with Gasteiger partial charge < -0.3 is 20.7 Å². The van der Waals surface area contributed by atoms with Crippen LogP contribution in [0.3, 0.4) is 0 Å². The standard InChI is InChI=1S/C14H18N6O4/c15-3-1-2-4-19-9-6-17-13(16)18-11(9)20(14(19)23)12-10(22)5-8(7-21)24-12/h6,8,10,12,21-22H,1-2,4-5,7H2,(H2,16,17,18)/t8-,10+,12+/m0/s1. The van der Waals surface area contributed by atoms with E-state index in [9.17, 15) is 15.0 Å². The molecule has 0 radical (unpaired) electrons.